The maximum absolute atomic E-state index is 12.9. The molecule has 0 bridgehead atoms. The van der Waals surface area contributed by atoms with Gasteiger partial charge in [-0.3, -0.25) is 0 Å². The molecule has 0 atom stereocenters. The highest BCUT2D eigenvalue weighted by Gasteiger charge is 2.26. The van der Waals surface area contributed by atoms with E-state index in [1.165, 1.54) is 12.1 Å². The summed E-state index contributed by atoms with van der Waals surface area (Å²) in [6.07, 6.45) is 0. The maximum Gasteiger partial charge on any atom is 0.182 e. The van der Waals surface area contributed by atoms with Crippen molar-refractivity contribution in [2.45, 2.75) is 4.90 Å². The number of anilines is 1. The number of hydrogen-bond donors (Lipinski definition) is 0. The predicted molar refractivity (Wildman–Crippen MR) is 51.7 cm³/mol. The molecule has 14 heavy (non-hydrogen) atoms. The van der Waals surface area contributed by atoms with Crippen LogP contribution >= 0.6 is 0 Å². The van der Waals surface area contributed by atoms with Crippen LogP contribution in [0.15, 0.2) is 23.1 Å². The van der Waals surface area contributed by atoms with Crippen molar-refractivity contribution in [1.29, 1.82) is 0 Å². The van der Waals surface area contributed by atoms with Crippen molar-refractivity contribution >= 4 is 15.5 Å². The monoisotopic (exact) mass is 215 g/mol. The molecule has 0 N–H and O–H groups in total. The van der Waals surface area contributed by atoms with Crippen LogP contribution in [0.2, 0.25) is 0 Å². The van der Waals surface area contributed by atoms with E-state index in [1.807, 2.05) is 4.90 Å². The minimum absolute atomic E-state index is 0.0555. The summed E-state index contributed by atoms with van der Waals surface area (Å²) >= 11 is 0. The van der Waals surface area contributed by atoms with Crippen molar-refractivity contribution in [3.8, 4) is 0 Å². The summed E-state index contributed by atoms with van der Waals surface area (Å²) in [4.78, 5) is 1.92. The van der Waals surface area contributed by atoms with Gasteiger partial charge in [0.15, 0.2) is 9.84 Å². The molecule has 2 rings (SSSR count). The quantitative estimate of drug-likeness (QED) is 0.649. The Balaban J connectivity index is 2.70. The summed E-state index contributed by atoms with van der Waals surface area (Å²) in [5, 5.41) is 0. The molecular formula is C9H10FNO2S. The van der Waals surface area contributed by atoms with Gasteiger partial charge in [-0.15, -0.1) is 0 Å². The SMILES string of the molecule is CN1CCS(=O)(=O)c2cc(F)ccc21. The van der Waals surface area contributed by atoms with Gasteiger partial charge < -0.3 is 4.90 Å². The number of rotatable bonds is 0. The zero-order chi connectivity index (χ0) is 10.3. The Morgan fingerprint density at radius 1 is 1.43 bits per heavy atom. The first-order chi connectivity index (χ1) is 6.50. The van der Waals surface area contributed by atoms with Crippen molar-refractivity contribution in [2.75, 3.05) is 24.2 Å². The number of hydrogen-bond acceptors (Lipinski definition) is 3. The van der Waals surface area contributed by atoms with Gasteiger partial charge in [-0.2, -0.15) is 0 Å². The largest absolute Gasteiger partial charge is 0.373 e. The van der Waals surface area contributed by atoms with E-state index in [4.69, 9.17) is 0 Å². The van der Waals surface area contributed by atoms with Gasteiger partial charge in [0.25, 0.3) is 0 Å². The molecule has 0 saturated heterocycles. The second kappa shape index (κ2) is 2.95. The van der Waals surface area contributed by atoms with Crippen LogP contribution in [0.1, 0.15) is 0 Å². The fourth-order valence-corrected chi connectivity index (χ4v) is 3.11. The fourth-order valence-electron chi connectivity index (χ4n) is 1.54. The second-order valence-corrected chi connectivity index (χ2v) is 5.43. The van der Waals surface area contributed by atoms with Gasteiger partial charge in [0.05, 0.1) is 16.3 Å². The molecule has 1 aliphatic rings. The molecule has 76 valence electrons. The Labute approximate surface area is 82.1 Å². The van der Waals surface area contributed by atoms with Crippen LogP contribution in [0.3, 0.4) is 0 Å². The molecule has 1 aromatic rings. The number of fused-ring (bicyclic) bond motifs is 1. The van der Waals surface area contributed by atoms with Crippen LogP contribution in [0, 0.1) is 5.82 Å². The number of nitrogens with zero attached hydrogens (tertiary/aromatic N) is 1. The highest BCUT2D eigenvalue weighted by atomic mass is 32.2. The molecule has 0 saturated carbocycles. The highest BCUT2D eigenvalue weighted by Crippen LogP contribution is 2.29. The first kappa shape index (κ1) is 9.45. The molecule has 0 fully saturated rings. The van der Waals surface area contributed by atoms with E-state index >= 15 is 0 Å². The summed E-state index contributed by atoms with van der Waals surface area (Å²) in [6, 6.07) is 3.86. The molecule has 0 radical (unpaired) electrons. The number of halogens is 1. The molecule has 1 aliphatic heterocycles. The molecule has 0 unspecified atom stereocenters. The minimum atomic E-state index is -3.28. The number of sulfone groups is 1. The van der Waals surface area contributed by atoms with Gasteiger partial charge in [-0.05, 0) is 18.2 Å². The normalized spacial score (nSPS) is 19.1. The van der Waals surface area contributed by atoms with Gasteiger partial charge in [-0.1, -0.05) is 0 Å². The lowest BCUT2D eigenvalue weighted by atomic mass is 10.3. The van der Waals surface area contributed by atoms with E-state index in [0.29, 0.717) is 12.2 Å². The molecule has 0 spiro atoms. The molecule has 0 amide bonds. The summed E-state index contributed by atoms with van der Waals surface area (Å²) in [6.45, 7) is 0.459. The molecular weight excluding hydrogens is 205 g/mol. The third kappa shape index (κ3) is 1.37. The summed E-state index contributed by atoms with van der Waals surface area (Å²) in [7, 11) is -1.48. The van der Waals surface area contributed by atoms with Gasteiger partial charge in [0.2, 0.25) is 0 Å². The van der Waals surface area contributed by atoms with Gasteiger partial charge in [0, 0.05) is 13.6 Å². The molecule has 5 heteroatoms. The Bertz CT molecular complexity index is 470. The summed E-state index contributed by atoms with van der Waals surface area (Å²) < 4.78 is 36.0. The molecule has 3 nitrogen and oxygen atoms in total. The van der Waals surface area contributed by atoms with E-state index in [1.54, 1.807) is 7.05 Å². The molecule has 1 aromatic carbocycles. The van der Waals surface area contributed by atoms with E-state index in [2.05, 4.69) is 0 Å². The van der Waals surface area contributed by atoms with Crippen LogP contribution in [0.25, 0.3) is 0 Å². The van der Waals surface area contributed by atoms with Crippen LogP contribution in [0.4, 0.5) is 10.1 Å². The maximum atomic E-state index is 12.9. The van der Waals surface area contributed by atoms with E-state index in [9.17, 15) is 12.8 Å². The van der Waals surface area contributed by atoms with Crippen molar-refractivity contribution in [2.24, 2.45) is 0 Å². The van der Waals surface area contributed by atoms with Crippen LogP contribution < -0.4 is 4.90 Å². The second-order valence-electron chi connectivity index (χ2n) is 3.35. The third-order valence-corrected chi connectivity index (χ3v) is 4.08. The smallest absolute Gasteiger partial charge is 0.182 e. The van der Waals surface area contributed by atoms with Gasteiger partial charge in [0.1, 0.15) is 5.82 Å². The van der Waals surface area contributed by atoms with Gasteiger partial charge in [-0.25, -0.2) is 12.8 Å². The first-order valence-electron chi connectivity index (χ1n) is 4.24. The van der Waals surface area contributed by atoms with Crippen LogP contribution in [-0.2, 0) is 9.84 Å². The molecule has 0 aromatic heterocycles. The van der Waals surface area contributed by atoms with Crippen molar-refractivity contribution in [3.05, 3.63) is 24.0 Å². The molecule has 1 heterocycles. The zero-order valence-corrected chi connectivity index (χ0v) is 8.51. The highest BCUT2D eigenvalue weighted by molar-refractivity contribution is 7.91. The fraction of sp³-hybridized carbons (Fsp3) is 0.333. The predicted octanol–water partition coefficient (Wildman–Crippen LogP) is 1.05. The summed E-state index contributed by atoms with van der Waals surface area (Å²) in [5.74, 6) is -0.456. The minimum Gasteiger partial charge on any atom is -0.373 e. The summed E-state index contributed by atoms with van der Waals surface area (Å²) in [5.41, 5.74) is 0.581. The van der Waals surface area contributed by atoms with E-state index < -0.39 is 15.7 Å². The van der Waals surface area contributed by atoms with Crippen LogP contribution in [-0.4, -0.2) is 27.8 Å². The Morgan fingerprint density at radius 2 is 2.14 bits per heavy atom. The first-order valence-corrected chi connectivity index (χ1v) is 5.89. The topological polar surface area (TPSA) is 37.4 Å². The van der Waals surface area contributed by atoms with E-state index in [-0.39, 0.29) is 10.6 Å². The van der Waals surface area contributed by atoms with Crippen molar-refractivity contribution in [1.82, 2.24) is 0 Å². The third-order valence-electron chi connectivity index (χ3n) is 2.36. The van der Waals surface area contributed by atoms with Crippen LogP contribution in [0.5, 0.6) is 0 Å². The lowest BCUT2D eigenvalue weighted by Crippen LogP contribution is -2.32. The lowest BCUT2D eigenvalue weighted by Gasteiger charge is -2.26. The standard InChI is InChI=1S/C9H10FNO2S/c1-11-4-5-14(12,13)9-6-7(10)2-3-8(9)11/h2-3,6H,4-5H2,1H3. The molecule has 0 aliphatic carbocycles. The zero-order valence-electron chi connectivity index (χ0n) is 7.70. The van der Waals surface area contributed by atoms with Crippen molar-refractivity contribution < 1.29 is 12.8 Å². The lowest BCUT2D eigenvalue weighted by molar-refractivity contribution is 0.585. The Kier molecular flexibility index (Phi) is 1.99. The van der Waals surface area contributed by atoms with Crippen molar-refractivity contribution in [3.63, 3.8) is 0 Å². The number of benzene rings is 1. The Hall–Kier alpha value is -1.10. The average molecular weight is 215 g/mol. The average Bonchev–Trinajstić information content (AvgIpc) is 2.12. The van der Waals surface area contributed by atoms with E-state index in [0.717, 1.165) is 6.07 Å². The Morgan fingerprint density at radius 3 is 2.86 bits per heavy atom. The van der Waals surface area contributed by atoms with Gasteiger partial charge >= 0.3 is 0 Å².